The van der Waals surface area contributed by atoms with Crippen molar-refractivity contribution in [2.45, 2.75) is 51.5 Å². The maximum absolute atomic E-state index is 13.8. The number of carbonyl (C=O) groups excluding carboxylic acids is 1. The van der Waals surface area contributed by atoms with Crippen LogP contribution >= 0.6 is 0 Å². The van der Waals surface area contributed by atoms with E-state index >= 15 is 0 Å². The Balaban J connectivity index is 1.69. The molecule has 1 fully saturated rings. The highest BCUT2D eigenvalue weighted by Gasteiger charge is 2.37. The largest absolute Gasteiger partial charge is 0.493 e. The minimum absolute atomic E-state index is 0.0275. The fraction of sp³-hybridized carbons (Fsp3) is 0.429. The summed E-state index contributed by atoms with van der Waals surface area (Å²) in [7, 11) is 3.23. The van der Waals surface area contributed by atoms with Crippen molar-refractivity contribution in [3.05, 3.63) is 69.0 Å². The molecular formula is C28H32N2O4. The number of carbonyl (C=O) groups is 1. The number of amides is 1. The molecule has 34 heavy (non-hydrogen) atoms. The number of ether oxygens (including phenoxy) is 2. The van der Waals surface area contributed by atoms with E-state index < -0.39 is 6.04 Å². The second-order valence-electron chi connectivity index (χ2n) is 9.57. The van der Waals surface area contributed by atoms with Crippen molar-refractivity contribution < 1.29 is 14.3 Å². The summed E-state index contributed by atoms with van der Waals surface area (Å²) in [6, 6.07) is 11.4. The number of hydrogen-bond acceptors (Lipinski definition) is 4. The molecule has 2 aliphatic rings. The minimum atomic E-state index is -0.466. The van der Waals surface area contributed by atoms with E-state index in [1.54, 1.807) is 14.2 Å². The molecule has 1 aromatic heterocycles. The fourth-order valence-electron chi connectivity index (χ4n) is 5.65. The van der Waals surface area contributed by atoms with Gasteiger partial charge in [0.05, 0.1) is 20.3 Å². The number of nitrogens with zero attached hydrogens (tertiary/aromatic N) is 1. The quantitative estimate of drug-likeness (QED) is 0.601. The lowest BCUT2D eigenvalue weighted by atomic mass is 9.84. The average molecular weight is 461 g/mol. The van der Waals surface area contributed by atoms with Crippen molar-refractivity contribution in [3.63, 3.8) is 0 Å². The maximum atomic E-state index is 13.8. The van der Waals surface area contributed by atoms with E-state index in [1.807, 2.05) is 42.2 Å². The Bertz CT molecular complexity index is 1290. The lowest BCUT2D eigenvalue weighted by Crippen LogP contribution is -2.45. The van der Waals surface area contributed by atoms with Gasteiger partial charge in [-0.25, -0.2) is 0 Å². The summed E-state index contributed by atoms with van der Waals surface area (Å²) < 4.78 is 11.1. The predicted octanol–water partition coefficient (Wildman–Crippen LogP) is 4.91. The highest BCUT2D eigenvalue weighted by atomic mass is 16.5. The minimum Gasteiger partial charge on any atom is -0.493 e. The van der Waals surface area contributed by atoms with Crippen molar-refractivity contribution in [2.24, 2.45) is 5.92 Å². The summed E-state index contributed by atoms with van der Waals surface area (Å²) in [5, 5.41) is 0.965. The molecule has 0 radical (unpaired) electrons. The van der Waals surface area contributed by atoms with Crippen LogP contribution in [0.1, 0.15) is 60.4 Å². The number of methoxy groups -OCH3 is 2. The molecule has 0 bridgehead atoms. The van der Waals surface area contributed by atoms with E-state index in [0.717, 1.165) is 59.7 Å². The third-order valence-electron chi connectivity index (χ3n) is 7.43. The van der Waals surface area contributed by atoms with Crippen LogP contribution in [0.5, 0.6) is 11.5 Å². The monoisotopic (exact) mass is 460 g/mol. The topological polar surface area (TPSA) is 71.6 Å². The number of H-pyrrole nitrogens is 1. The SMILES string of the molecule is COc1cc2c(cc1OC)[C@H](c1cc3cc(C)ccc3[nH]c1=O)N(C(=O)C1CCCCC1)CC2. The highest BCUT2D eigenvalue weighted by molar-refractivity contribution is 5.82. The summed E-state index contributed by atoms with van der Waals surface area (Å²) >= 11 is 0. The maximum Gasteiger partial charge on any atom is 0.254 e. The van der Waals surface area contributed by atoms with Crippen LogP contribution in [-0.4, -0.2) is 36.6 Å². The van der Waals surface area contributed by atoms with Crippen LogP contribution in [0.3, 0.4) is 0 Å². The smallest absolute Gasteiger partial charge is 0.254 e. The molecule has 2 heterocycles. The zero-order chi connectivity index (χ0) is 23.8. The van der Waals surface area contributed by atoms with Crippen molar-refractivity contribution in [3.8, 4) is 11.5 Å². The molecule has 1 N–H and O–H groups in total. The third-order valence-corrected chi connectivity index (χ3v) is 7.43. The van der Waals surface area contributed by atoms with Crippen LogP contribution in [0.25, 0.3) is 10.9 Å². The van der Waals surface area contributed by atoms with Crippen molar-refractivity contribution in [1.82, 2.24) is 9.88 Å². The van der Waals surface area contributed by atoms with Gasteiger partial charge in [-0.15, -0.1) is 0 Å². The first-order valence-corrected chi connectivity index (χ1v) is 12.2. The van der Waals surface area contributed by atoms with E-state index in [-0.39, 0.29) is 17.4 Å². The number of fused-ring (bicyclic) bond motifs is 2. The number of nitrogens with one attached hydrogen (secondary N) is 1. The van der Waals surface area contributed by atoms with Crippen LogP contribution in [-0.2, 0) is 11.2 Å². The highest BCUT2D eigenvalue weighted by Crippen LogP contribution is 2.42. The second-order valence-corrected chi connectivity index (χ2v) is 9.57. The number of aromatic nitrogens is 1. The molecule has 1 saturated carbocycles. The van der Waals surface area contributed by atoms with Gasteiger partial charge in [0.15, 0.2) is 11.5 Å². The summed E-state index contributed by atoms with van der Waals surface area (Å²) in [6.07, 6.45) is 5.94. The average Bonchev–Trinajstić information content (AvgIpc) is 2.87. The van der Waals surface area contributed by atoms with Crippen LogP contribution in [0.2, 0.25) is 0 Å². The lowest BCUT2D eigenvalue weighted by Gasteiger charge is -2.40. The number of benzene rings is 2. The fourth-order valence-corrected chi connectivity index (χ4v) is 5.65. The molecule has 5 rings (SSSR count). The zero-order valence-electron chi connectivity index (χ0n) is 20.1. The first-order valence-electron chi connectivity index (χ1n) is 12.2. The Morgan fingerprint density at radius 2 is 1.71 bits per heavy atom. The van der Waals surface area contributed by atoms with Crippen molar-refractivity contribution in [2.75, 3.05) is 20.8 Å². The summed E-state index contributed by atoms with van der Waals surface area (Å²) in [5.74, 6) is 1.45. The molecule has 0 saturated heterocycles. The molecule has 6 nitrogen and oxygen atoms in total. The molecular weight excluding hydrogens is 428 g/mol. The summed E-state index contributed by atoms with van der Waals surface area (Å²) in [5.41, 5.74) is 4.37. The van der Waals surface area contributed by atoms with E-state index in [2.05, 4.69) is 11.1 Å². The normalized spacial score (nSPS) is 18.6. The Kier molecular flexibility index (Phi) is 6.07. The van der Waals surface area contributed by atoms with Crippen molar-refractivity contribution in [1.29, 1.82) is 0 Å². The zero-order valence-corrected chi connectivity index (χ0v) is 20.1. The summed E-state index contributed by atoms with van der Waals surface area (Å²) in [6.45, 7) is 2.62. The van der Waals surface area contributed by atoms with Gasteiger partial charge in [0.1, 0.15) is 0 Å². The van der Waals surface area contributed by atoms with E-state index in [9.17, 15) is 9.59 Å². The molecule has 0 unspecified atom stereocenters. The number of pyridine rings is 1. The first-order chi connectivity index (χ1) is 16.5. The van der Waals surface area contributed by atoms with Gasteiger partial charge in [0.25, 0.3) is 5.56 Å². The van der Waals surface area contributed by atoms with Gasteiger partial charge in [-0.1, -0.05) is 30.9 Å². The number of hydrogen-bond donors (Lipinski definition) is 1. The van der Waals surface area contributed by atoms with Gasteiger partial charge >= 0.3 is 0 Å². The van der Waals surface area contributed by atoms with Gasteiger partial charge < -0.3 is 19.4 Å². The van der Waals surface area contributed by atoms with Crippen LogP contribution in [0.15, 0.2) is 41.2 Å². The molecule has 0 spiro atoms. The number of aromatic amines is 1. The molecule has 178 valence electrons. The molecule has 1 aliphatic heterocycles. The predicted molar refractivity (Wildman–Crippen MR) is 133 cm³/mol. The van der Waals surface area contributed by atoms with Gasteiger partial charge in [-0.3, -0.25) is 9.59 Å². The van der Waals surface area contributed by atoms with Gasteiger partial charge in [-0.2, -0.15) is 0 Å². The lowest BCUT2D eigenvalue weighted by molar-refractivity contribution is -0.138. The van der Waals surface area contributed by atoms with Crippen LogP contribution in [0.4, 0.5) is 0 Å². The van der Waals surface area contributed by atoms with Gasteiger partial charge in [0, 0.05) is 23.5 Å². The molecule has 6 heteroatoms. The molecule has 1 amide bonds. The summed E-state index contributed by atoms with van der Waals surface area (Å²) in [4.78, 5) is 32.2. The van der Waals surface area contributed by atoms with Crippen LogP contribution in [0, 0.1) is 12.8 Å². The molecule has 1 atom stereocenters. The van der Waals surface area contributed by atoms with E-state index in [0.29, 0.717) is 23.6 Å². The van der Waals surface area contributed by atoms with E-state index in [4.69, 9.17) is 9.47 Å². The number of rotatable bonds is 4. The standard InChI is InChI=1S/C28H32N2O4/c1-17-9-10-23-20(13-17)14-22(27(31)29-23)26-21-16-25(34-3)24(33-2)15-19(21)11-12-30(26)28(32)18-7-5-4-6-8-18/h9-10,13-16,18,26H,4-8,11-12H2,1-3H3,(H,29,31)/t26-/m1/s1. The third kappa shape index (κ3) is 3.95. The van der Waals surface area contributed by atoms with E-state index in [1.165, 1.54) is 6.42 Å². The van der Waals surface area contributed by atoms with Crippen LogP contribution < -0.4 is 15.0 Å². The number of aryl methyl sites for hydroxylation is 1. The van der Waals surface area contributed by atoms with Gasteiger partial charge in [0.2, 0.25) is 5.91 Å². The molecule has 1 aliphatic carbocycles. The Labute approximate surface area is 199 Å². The second kappa shape index (κ2) is 9.16. The Morgan fingerprint density at radius 3 is 2.44 bits per heavy atom. The molecule has 3 aromatic rings. The molecule has 2 aromatic carbocycles. The van der Waals surface area contributed by atoms with Crippen molar-refractivity contribution >= 4 is 16.8 Å². The first kappa shape index (κ1) is 22.5. The Morgan fingerprint density at radius 1 is 0.971 bits per heavy atom. The Hall–Kier alpha value is -3.28. The van der Waals surface area contributed by atoms with Gasteiger partial charge in [-0.05, 0) is 73.0 Å².